The number of carboxylic acids is 1. The molecule has 0 amide bonds. The fourth-order valence-electron chi connectivity index (χ4n) is 24.1. The van der Waals surface area contributed by atoms with E-state index in [0.717, 1.165) is 45.1 Å². The molecule has 8 saturated carbocycles. The van der Waals surface area contributed by atoms with Gasteiger partial charge in [0.25, 0.3) is 0 Å². The third-order valence-electron chi connectivity index (χ3n) is 26.4. The summed E-state index contributed by atoms with van der Waals surface area (Å²) in [5.41, 5.74) is 2.78. The Morgan fingerprint density at radius 3 is 2.25 bits per heavy atom. The Bertz CT molecular complexity index is 2960. The number of carboxylic acid groups (broad SMARTS) is 1. The molecule has 11 fully saturated rings. The number of fused-ring (bicyclic) bond motifs is 7. The monoisotopic (exact) mass is 1090 g/mol. The van der Waals surface area contributed by atoms with E-state index in [0.29, 0.717) is 59.9 Å². The van der Waals surface area contributed by atoms with Crippen LogP contribution in [0.1, 0.15) is 207 Å². The van der Waals surface area contributed by atoms with E-state index in [9.17, 15) is 45.3 Å². The van der Waals surface area contributed by atoms with Crippen LogP contribution in [0.15, 0.2) is 34.9 Å². The van der Waals surface area contributed by atoms with Crippen molar-refractivity contribution in [2.45, 2.75) is 230 Å². The molecule has 3 saturated heterocycles. The Hall–Kier alpha value is -3.56. The van der Waals surface area contributed by atoms with Crippen molar-refractivity contribution in [1.29, 1.82) is 0 Å². The summed E-state index contributed by atoms with van der Waals surface area (Å²) in [6, 6.07) is 2.38. The van der Waals surface area contributed by atoms with Gasteiger partial charge in [-0.2, -0.15) is 0 Å². The zero-order valence-electron chi connectivity index (χ0n) is 46.8. The Morgan fingerprint density at radius 1 is 0.785 bits per heavy atom. The van der Waals surface area contributed by atoms with Gasteiger partial charge in [0.1, 0.15) is 41.2 Å². The van der Waals surface area contributed by atoms with Gasteiger partial charge in [-0.05, 0) is 222 Å². The number of Topliss-reactive ketones (excluding diaryl/α,β-unsaturated/α-hetero) is 1. The number of hydrogen-bond donors (Lipinski definition) is 7. The number of carbonyl (C=O) groups is 2. The Labute approximate surface area is 464 Å². The van der Waals surface area contributed by atoms with E-state index in [1.54, 1.807) is 0 Å². The van der Waals surface area contributed by atoms with Crippen LogP contribution in [0.3, 0.4) is 0 Å². The topological polar surface area (TPSA) is 213 Å². The molecule has 13 nitrogen and oxygen atoms in total. The second-order valence-corrected chi connectivity index (χ2v) is 29.6. The van der Waals surface area contributed by atoms with E-state index in [2.05, 4.69) is 6.08 Å². The number of hydrogen-bond acceptors (Lipinski definition) is 12. The van der Waals surface area contributed by atoms with Crippen molar-refractivity contribution in [3.05, 3.63) is 51.6 Å². The first-order chi connectivity index (χ1) is 37.9. The molecule has 0 unspecified atom stereocenters. The lowest BCUT2D eigenvalue weighted by Gasteiger charge is -2.64. The number of aliphatic hydroxyl groups excluding tert-OH is 4. The van der Waals surface area contributed by atoms with Gasteiger partial charge >= 0.3 is 5.97 Å². The molecule has 428 valence electrons. The molecule has 13 heteroatoms. The van der Waals surface area contributed by atoms with Crippen molar-refractivity contribution in [1.82, 2.24) is 0 Å². The summed E-state index contributed by atoms with van der Waals surface area (Å²) in [7, 11) is 0. The van der Waals surface area contributed by atoms with Crippen LogP contribution in [-0.4, -0.2) is 110 Å². The summed E-state index contributed by atoms with van der Waals surface area (Å²) < 4.78 is 28.5. The van der Waals surface area contributed by atoms with Crippen molar-refractivity contribution < 1.29 is 64.3 Å². The molecule has 4 heterocycles. The van der Waals surface area contributed by atoms with E-state index in [4.69, 9.17) is 18.9 Å². The third kappa shape index (κ3) is 6.87. The second kappa shape index (κ2) is 17.7. The summed E-state index contributed by atoms with van der Waals surface area (Å²) in [5, 5.41) is 83.8. The van der Waals surface area contributed by atoms with Gasteiger partial charge in [0.2, 0.25) is 6.29 Å². The van der Waals surface area contributed by atoms with Gasteiger partial charge in [-0.3, -0.25) is 4.79 Å². The van der Waals surface area contributed by atoms with Crippen molar-refractivity contribution in [3.63, 3.8) is 0 Å². The number of phenolic OH excluding ortho intramolecular Hbond substituents is 2. The third-order valence-corrected chi connectivity index (χ3v) is 26.4. The molecule has 0 aromatic heterocycles. The smallest absolute Gasteiger partial charge is 0.335 e. The highest BCUT2D eigenvalue weighted by Crippen LogP contribution is 2.85. The summed E-state index contributed by atoms with van der Waals surface area (Å²) in [4.78, 5) is 25.7. The largest absolute Gasteiger partial charge is 0.507 e. The highest BCUT2D eigenvalue weighted by atomic mass is 16.7. The van der Waals surface area contributed by atoms with Crippen LogP contribution in [0, 0.1) is 68.5 Å². The van der Waals surface area contributed by atoms with E-state index < -0.39 is 71.1 Å². The van der Waals surface area contributed by atoms with Gasteiger partial charge in [0, 0.05) is 35.0 Å². The van der Waals surface area contributed by atoms with E-state index >= 15 is 0 Å². The number of aromatic hydroxyl groups is 2. The predicted octanol–water partition coefficient (Wildman–Crippen LogP) is 11.1. The van der Waals surface area contributed by atoms with Crippen LogP contribution in [-0.2, 0) is 14.2 Å². The van der Waals surface area contributed by atoms with Gasteiger partial charge in [0.05, 0.1) is 35.3 Å². The van der Waals surface area contributed by atoms with Crippen molar-refractivity contribution in [2.24, 2.45) is 61.6 Å². The van der Waals surface area contributed by atoms with Gasteiger partial charge in [-0.25, -0.2) is 4.79 Å². The molecule has 2 aromatic rings. The molecule has 79 heavy (non-hydrogen) atoms. The molecule has 0 radical (unpaired) electrons. The first-order valence-corrected chi connectivity index (χ1v) is 31.4. The molecule has 13 aliphatic rings. The minimum atomic E-state index is -1.78. The molecule has 2 aromatic carbocycles. The minimum Gasteiger partial charge on any atom is -0.507 e. The lowest BCUT2D eigenvalue weighted by Crippen LogP contribution is -2.72. The van der Waals surface area contributed by atoms with E-state index in [1.807, 2.05) is 0 Å². The maximum atomic E-state index is 13.4. The number of aromatic carboxylic acids is 1. The van der Waals surface area contributed by atoms with Gasteiger partial charge in [-0.15, -0.1) is 0 Å². The molecule has 2 bridgehead atoms. The molecule has 7 spiro atoms. The molecule has 15 atom stereocenters. The Kier molecular flexibility index (Phi) is 11.7. The number of benzene rings is 2. The van der Waals surface area contributed by atoms with Crippen LogP contribution in [0.5, 0.6) is 17.2 Å². The molecule has 4 aliphatic heterocycles. The summed E-state index contributed by atoms with van der Waals surface area (Å²) in [5.74, 6) is -2.38. The van der Waals surface area contributed by atoms with E-state index in [-0.39, 0.29) is 68.4 Å². The zero-order valence-corrected chi connectivity index (χ0v) is 46.8. The van der Waals surface area contributed by atoms with Crippen LogP contribution in [0.25, 0.3) is 10.8 Å². The highest BCUT2D eigenvalue weighted by molar-refractivity contribution is 6.11. The number of ketones is 1. The quantitative estimate of drug-likeness (QED) is 0.102. The van der Waals surface area contributed by atoms with Crippen molar-refractivity contribution in [3.8, 4) is 17.2 Å². The normalized spacial score (nSPS) is 43.5. The first-order valence-electron chi connectivity index (χ1n) is 31.4. The van der Waals surface area contributed by atoms with E-state index in [1.165, 1.54) is 152 Å². The molecule has 9 aliphatic carbocycles. The molecular formula is C66H86O13. The van der Waals surface area contributed by atoms with Gasteiger partial charge in [0.15, 0.2) is 5.78 Å². The number of allylic oxidation sites excluding steroid dienone is 2. The number of rotatable bonds is 7. The molecule has 15 rings (SSSR count). The summed E-state index contributed by atoms with van der Waals surface area (Å²) in [6.07, 6.45) is 25.1. The maximum absolute atomic E-state index is 13.4. The average Bonchev–Trinajstić information content (AvgIpc) is 2.40. The fourth-order valence-corrected chi connectivity index (χ4v) is 24.1. The first kappa shape index (κ1) is 52.3. The van der Waals surface area contributed by atoms with Crippen LogP contribution in [0.2, 0.25) is 0 Å². The van der Waals surface area contributed by atoms with Gasteiger partial charge < -0.3 is 54.7 Å². The summed E-state index contributed by atoms with van der Waals surface area (Å²) >= 11 is 0. The zero-order chi connectivity index (χ0) is 54.4. The van der Waals surface area contributed by atoms with Crippen LogP contribution >= 0.6 is 0 Å². The van der Waals surface area contributed by atoms with Crippen LogP contribution in [0.4, 0.5) is 0 Å². The highest BCUT2D eigenvalue weighted by Gasteiger charge is 2.77. The average molecular weight is 1090 g/mol. The van der Waals surface area contributed by atoms with Crippen molar-refractivity contribution >= 4 is 22.5 Å². The molecular weight excluding hydrogens is 1000 g/mol. The number of ether oxygens (including phenoxy) is 4. The Balaban J connectivity index is 0.864. The Morgan fingerprint density at radius 2 is 1.51 bits per heavy atom. The fraction of sp³-hybridized carbons (Fsp3) is 0.758. The minimum absolute atomic E-state index is 0.0719. The predicted molar refractivity (Wildman–Crippen MR) is 293 cm³/mol. The lowest BCUT2D eigenvalue weighted by atomic mass is 9.42. The number of aliphatic hydroxyl groups is 4. The number of phenols is 2. The van der Waals surface area contributed by atoms with Gasteiger partial charge in [-0.1, -0.05) is 51.0 Å². The van der Waals surface area contributed by atoms with Crippen molar-refractivity contribution in [2.75, 3.05) is 19.8 Å². The SMILES string of the molecule is CC(=O)c1c(C)c(O)c2cc(C(=O)O)cc(O[C@@H]3O[C@@H]4[C@H](O)C5(CCCC5)C[C@H]5O[C@@]4(C[C@@H]4C6=C5CC=C6[C@]5(CCCO)COC[C@@H]6C[C@@]7(C[C@H]4[C@@H]65)CC4(CCCC4)[C@]4(CCC[C@@]45CCC4(CCCC4)C5)C7)[C@H](O)[C@H]3O)c2c1O. The maximum Gasteiger partial charge on any atom is 0.335 e. The lowest BCUT2D eigenvalue weighted by molar-refractivity contribution is -0.339. The standard InChI is InChI=1S/C66H86O13/c1-36-47(37(2)68)52(70)49-41(51(36)69)25-38(57(74)75)26-45(49)77-58-53(71)54(72)66-29-42-43-28-60(33-62(17-7-8-18-62)65(34-60)21-9-19-63(65)23-22-59(32-63)13-3-4-14-59)27-39-31-76-35-64(50(39)43,20-10-24-67)44-12-11-40(48(42)44)46(79-66)30-61(15-5-6-16-61)55(73)56(66)78-58/h12,25-26,39,42-43,46,50,53-56,58,67,69-73H,3-11,13-24,27-35H2,1-2H3,(H,74,75)/t39-,42-,43+,46+,50+,53+,54+,55-,56+,58+,60+,63-,64-,65-,66-/m0/s1. The van der Waals surface area contributed by atoms with Crippen LogP contribution < -0.4 is 4.74 Å². The second-order valence-electron chi connectivity index (χ2n) is 29.6. The number of carbonyl (C=O) groups excluding carboxylic acids is 1. The molecule has 7 N–H and O–H groups in total. The summed E-state index contributed by atoms with van der Waals surface area (Å²) in [6.45, 7) is 4.19.